The van der Waals surface area contributed by atoms with Gasteiger partial charge in [-0.1, -0.05) is 25.0 Å². The maximum atomic E-state index is 10.8. The second-order valence-electron chi connectivity index (χ2n) is 5.10. The Kier molecular flexibility index (Phi) is 4.31. The first-order valence-electron chi connectivity index (χ1n) is 6.62. The quantitative estimate of drug-likeness (QED) is 0.643. The number of hydrogen-bond acceptors (Lipinski definition) is 3. The fourth-order valence-corrected chi connectivity index (χ4v) is 2.68. The Bertz CT molecular complexity index is 426. The van der Waals surface area contributed by atoms with E-state index in [1.807, 2.05) is 13.0 Å². The van der Waals surface area contributed by atoms with Crippen molar-refractivity contribution in [2.45, 2.75) is 39.2 Å². The number of nitrogens with zero attached hydrogens (tertiary/aromatic N) is 1. The molecule has 0 atom stereocenters. The van der Waals surface area contributed by atoms with Gasteiger partial charge in [0.2, 0.25) is 0 Å². The van der Waals surface area contributed by atoms with E-state index in [2.05, 4.69) is 5.32 Å². The first kappa shape index (κ1) is 13.0. The Balaban J connectivity index is 1.92. The van der Waals surface area contributed by atoms with Crippen LogP contribution in [-0.2, 0) is 6.54 Å². The highest BCUT2D eigenvalue weighted by Crippen LogP contribution is 2.24. The van der Waals surface area contributed by atoms with Crippen LogP contribution in [0.4, 0.5) is 5.69 Å². The van der Waals surface area contributed by atoms with E-state index in [-0.39, 0.29) is 10.6 Å². The summed E-state index contributed by atoms with van der Waals surface area (Å²) in [6.45, 7) is 3.58. The molecule has 1 aromatic carbocycles. The summed E-state index contributed by atoms with van der Waals surface area (Å²) in [7, 11) is 0. The average Bonchev–Trinajstić information content (AvgIpc) is 2.84. The van der Waals surface area contributed by atoms with E-state index < -0.39 is 0 Å². The van der Waals surface area contributed by atoms with Gasteiger partial charge >= 0.3 is 0 Å². The third kappa shape index (κ3) is 3.07. The monoisotopic (exact) mass is 248 g/mol. The molecular formula is C14H20N2O2. The smallest absolute Gasteiger partial charge is 0.272 e. The van der Waals surface area contributed by atoms with Crippen molar-refractivity contribution in [3.05, 3.63) is 39.4 Å². The Labute approximate surface area is 108 Å². The zero-order chi connectivity index (χ0) is 13.0. The zero-order valence-electron chi connectivity index (χ0n) is 10.8. The normalized spacial score (nSPS) is 16.1. The molecule has 1 saturated carbocycles. The first-order valence-corrected chi connectivity index (χ1v) is 6.62. The van der Waals surface area contributed by atoms with Gasteiger partial charge in [-0.15, -0.1) is 0 Å². The zero-order valence-corrected chi connectivity index (χ0v) is 10.8. The molecule has 4 heteroatoms. The van der Waals surface area contributed by atoms with Crippen LogP contribution in [-0.4, -0.2) is 11.5 Å². The van der Waals surface area contributed by atoms with Gasteiger partial charge in [0, 0.05) is 18.2 Å². The summed E-state index contributed by atoms with van der Waals surface area (Å²) in [4.78, 5) is 10.5. The van der Waals surface area contributed by atoms with Gasteiger partial charge in [0.1, 0.15) is 0 Å². The van der Waals surface area contributed by atoms with Gasteiger partial charge in [-0.3, -0.25) is 10.1 Å². The first-order chi connectivity index (χ1) is 8.68. The lowest BCUT2D eigenvalue weighted by atomic mass is 10.1. The summed E-state index contributed by atoms with van der Waals surface area (Å²) in [6.07, 6.45) is 5.34. The second kappa shape index (κ2) is 5.96. The lowest BCUT2D eigenvalue weighted by Gasteiger charge is -2.11. The van der Waals surface area contributed by atoms with E-state index >= 15 is 0 Å². The number of benzene rings is 1. The van der Waals surface area contributed by atoms with E-state index in [0.717, 1.165) is 30.1 Å². The molecule has 1 aliphatic carbocycles. The molecule has 0 amide bonds. The SMILES string of the molecule is Cc1c(CNCC2CCCC2)cccc1[N+](=O)[O-]. The highest BCUT2D eigenvalue weighted by atomic mass is 16.6. The molecule has 4 nitrogen and oxygen atoms in total. The molecule has 1 aliphatic rings. The maximum absolute atomic E-state index is 10.8. The summed E-state index contributed by atoms with van der Waals surface area (Å²) in [5.41, 5.74) is 2.03. The van der Waals surface area contributed by atoms with Crippen LogP contribution in [0, 0.1) is 23.0 Å². The predicted octanol–water partition coefficient (Wildman–Crippen LogP) is 3.18. The third-order valence-corrected chi connectivity index (χ3v) is 3.84. The number of nitrogens with one attached hydrogen (secondary N) is 1. The van der Waals surface area contributed by atoms with Gasteiger partial charge in [0.25, 0.3) is 5.69 Å². The Morgan fingerprint density at radius 2 is 2.11 bits per heavy atom. The molecule has 0 aliphatic heterocycles. The third-order valence-electron chi connectivity index (χ3n) is 3.84. The van der Waals surface area contributed by atoms with Crippen molar-refractivity contribution in [2.24, 2.45) is 5.92 Å². The summed E-state index contributed by atoms with van der Waals surface area (Å²) >= 11 is 0. The van der Waals surface area contributed by atoms with Crippen molar-refractivity contribution in [2.75, 3.05) is 6.54 Å². The second-order valence-corrected chi connectivity index (χ2v) is 5.10. The fraction of sp³-hybridized carbons (Fsp3) is 0.571. The molecule has 18 heavy (non-hydrogen) atoms. The Morgan fingerprint density at radius 3 is 2.78 bits per heavy atom. The number of nitro groups is 1. The largest absolute Gasteiger partial charge is 0.312 e. The number of nitro benzene ring substituents is 1. The van der Waals surface area contributed by atoms with Gasteiger partial charge in [-0.05, 0) is 37.8 Å². The molecule has 0 saturated heterocycles. The van der Waals surface area contributed by atoms with Gasteiger partial charge in [-0.25, -0.2) is 0 Å². The van der Waals surface area contributed by atoms with Crippen molar-refractivity contribution >= 4 is 5.69 Å². The van der Waals surface area contributed by atoms with Gasteiger partial charge in [-0.2, -0.15) is 0 Å². The van der Waals surface area contributed by atoms with Gasteiger partial charge < -0.3 is 5.32 Å². The van der Waals surface area contributed by atoms with E-state index in [9.17, 15) is 10.1 Å². The molecular weight excluding hydrogens is 228 g/mol. The fourth-order valence-electron chi connectivity index (χ4n) is 2.68. The molecule has 0 heterocycles. The van der Waals surface area contributed by atoms with Crippen LogP contribution in [0.15, 0.2) is 18.2 Å². The number of hydrogen-bond donors (Lipinski definition) is 1. The molecule has 0 aromatic heterocycles. The van der Waals surface area contributed by atoms with Gasteiger partial charge in [0.15, 0.2) is 0 Å². The summed E-state index contributed by atoms with van der Waals surface area (Å²) in [5, 5.41) is 14.3. The van der Waals surface area contributed by atoms with Crippen LogP contribution in [0.1, 0.15) is 36.8 Å². The van der Waals surface area contributed by atoms with Crippen LogP contribution in [0.2, 0.25) is 0 Å². The van der Waals surface area contributed by atoms with Crippen molar-refractivity contribution in [1.82, 2.24) is 5.32 Å². The lowest BCUT2D eigenvalue weighted by molar-refractivity contribution is -0.385. The Hall–Kier alpha value is -1.42. The summed E-state index contributed by atoms with van der Waals surface area (Å²) in [6, 6.07) is 5.29. The molecule has 1 N–H and O–H groups in total. The van der Waals surface area contributed by atoms with Crippen molar-refractivity contribution in [3.8, 4) is 0 Å². The van der Waals surface area contributed by atoms with E-state index in [1.54, 1.807) is 12.1 Å². The molecule has 0 bridgehead atoms. The molecule has 1 aromatic rings. The topological polar surface area (TPSA) is 55.2 Å². The summed E-state index contributed by atoms with van der Waals surface area (Å²) < 4.78 is 0. The number of rotatable bonds is 5. The van der Waals surface area contributed by atoms with Crippen molar-refractivity contribution in [3.63, 3.8) is 0 Å². The minimum Gasteiger partial charge on any atom is -0.312 e. The highest BCUT2D eigenvalue weighted by Gasteiger charge is 2.15. The van der Waals surface area contributed by atoms with Crippen LogP contribution >= 0.6 is 0 Å². The highest BCUT2D eigenvalue weighted by molar-refractivity contribution is 5.44. The van der Waals surface area contributed by atoms with Crippen LogP contribution in [0.25, 0.3) is 0 Å². The molecule has 0 spiro atoms. The summed E-state index contributed by atoms with van der Waals surface area (Å²) in [5.74, 6) is 0.795. The average molecular weight is 248 g/mol. The van der Waals surface area contributed by atoms with Crippen LogP contribution in [0.5, 0.6) is 0 Å². The maximum Gasteiger partial charge on any atom is 0.272 e. The Morgan fingerprint density at radius 1 is 1.39 bits per heavy atom. The lowest BCUT2D eigenvalue weighted by Crippen LogP contribution is -2.21. The van der Waals surface area contributed by atoms with Crippen LogP contribution in [0.3, 0.4) is 0 Å². The molecule has 0 radical (unpaired) electrons. The standard InChI is InChI=1S/C14H20N2O2/c1-11-13(7-4-8-14(11)16(17)18)10-15-9-12-5-2-3-6-12/h4,7-8,12,15H,2-3,5-6,9-10H2,1H3. The predicted molar refractivity (Wildman–Crippen MR) is 71.5 cm³/mol. The van der Waals surface area contributed by atoms with Crippen LogP contribution < -0.4 is 5.32 Å². The van der Waals surface area contributed by atoms with Crippen molar-refractivity contribution < 1.29 is 4.92 Å². The molecule has 98 valence electrons. The molecule has 0 unspecified atom stereocenters. The van der Waals surface area contributed by atoms with Gasteiger partial charge in [0.05, 0.1) is 4.92 Å². The molecule has 2 rings (SSSR count). The van der Waals surface area contributed by atoms with E-state index in [1.165, 1.54) is 25.7 Å². The molecule has 1 fully saturated rings. The van der Waals surface area contributed by atoms with Crippen molar-refractivity contribution in [1.29, 1.82) is 0 Å². The minimum atomic E-state index is -0.310. The van der Waals surface area contributed by atoms with E-state index in [0.29, 0.717) is 0 Å². The van der Waals surface area contributed by atoms with E-state index in [4.69, 9.17) is 0 Å². The minimum absolute atomic E-state index is 0.218.